The Morgan fingerprint density at radius 2 is 2.43 bits per heavy atom. The van der Waals surface area contributed by atoms with E-state index < -0.39 is 0 Å². The Morgan fingerprint density at radius 3 is 3.00 bits per heavy atom. The van der Waals surface area contributed by atoms with Gasteiger partial charge in [-0.05, 0) is 25.2 Å². The van der Waals surface area contributed by atoms with Crippen molar-refractivity contribution >= 4 is 5.97 Å². The van der Waals surface area contributed by atoms with E-state index in [1.807, 2.05) is 0 Å². The second-order valence-corrected chi connectivity index (χ2v) is 3.60. The normalized spacial score (nSPS) is 26.7. The van der Waals surface area contributed by atoms with E-state index >= 15 is 0 Å². The van der Waals surface area contributed by atoms with E-state index in [1.54, 1.807) is 6.20 Å². The first-order valence-electron chi connectivity index (χ1n) is 4.88. The standard InChI is InChI=1S/C10H17NO3/c1-14-10(13)4-5-11-7-8-2-3-9(12)6-8/h4-5,8-9,11-12H,2-3,6-7H2,1H3/b5-4+. The van der Waals surface area contributed by atoms with Crippen LogP contribution in [0.2, 0.25) is 0 Å². The van der Waals surface area contributed by atoms with Crippen molar-refractivity contribution in [2.45, 2.75) is 25.4 Å². The number of aliphatic hydroxyl groups excluding tert-OH is 1. The number of hydrogen-bond donors (Lipinski definition) is 2. The largest absolute Gasteiger partial charge is 0.466 e. The van der Waals surface area contributed by atoms with E-state index in [1.165, 1.54) is 13.2 Å². The molecule has 0 aromatic rings. The van der Waals surface area contributed by atoms with E-state index in [-0.39, 0.29) is 12.1 Å². The van der Waals surface area contributed by atoms with Crippen molar-refractivity contribution in [3.05, 3.63) is 12.3 Å². The van der Waals surface area contributed by atoms with Gasteiger partial charge in [0, 0.05) is 18.8 Å². The first-order valence-corrected chi connectivity index (χ1v) is 4.88. The van der Waals surface area contributed by atoms with Gasteiger partial charge in [0.05, 0.1) is 13.2 Å². The molecular weight excluding hydrogens is 182 g/mol. The SMILES string of the molecule is COC(=O)/C=C/NCC1CCC(O)C1. The fraction of sp³-hybridized carbons (Fsp3) is 0.700. The van der Waals surface area contributed by atoms with Crippen molar-refractivity contribution in [1.82, 2.24) is 5.32 Å². The van der Waals surface area contributed by atoms with E-state index in [9.17, 15) is 9.90 Å². The van der Waals surface area contributed by atoms with Gasteiger partial charge in [-0.25, -0.2) is 4.79 Å². The molecule has 1 saturated carbocycles. The molecule has 1 fully saturated rings. The molecule has 0 heterocycles. The fourth-order valence-electron chi connectivity index (χ4n) is 1.66. The molecule has 1 rings (SSSR count). The van der Waals surface area contributed by atoms with Gasteiger partial charge in [0.2, 0.25) is 0 Å². The van der Waals surface area contributed by atoms with Gasteiger partial charge in [0.1, 0.15) is 0 Å². The van der Waals surface area contributed by atoms with E-state index in [0.29, 0.717) is 5.92 Å². The van der Waals surface area contributed by atoms with Crippen LogP contribution in [-0.2, 0) is 9.53 Å². The summed E-state index contributed by atoms with van der Waals surface area (Å²) in [6.07, 6.45) is 5.63. The average molecular weight is 199 g/mol. The molecule has 2 N–H and O–H groups in total. The van der Waals surface area contributed by atoms with E-state index in [2.05, 4.69) is 10.1 Å². The first kappa shape index (κ1) is 11.0. The van der Waals surface area contributed by atoms with Crippen LogP contribution >= 0.6 is 0 Å². The number of ether oxygens (including phenoxy) is 1. The summed E-state index contributed by atoms with van der Waals surface area (Å²) in [5, 5.41) is 12.3. The molecule has 2 atom stereocenters. The smallest absolute Gasteiger partial charge is 0.331 e. The van der Waals surface area contributed by atoms with Gasteiger partial charge in [0.15, 0.2) is 0 Å². The molecule has 0 aromatic heterocycles. The Bertz CT molecular complexity index is 215. The van der Waals surface area contributed by atoms with Gasteiger partial charge in [-0.3, -0.25) is 0 Å². The van der Waals surface area contributed by atoms with Crippen molar-refractivity contribution in [3.8, 4) is 0 Å². The molecule has 1 aliphatic carbocycles. The number of aliphatic hydroxyl groups is 1. The number of carbonyl (C=O) groups is 1. The van der Waals surface area contributed by atoms with Crippen LogP contribution in [0.25, 0.3) is 0 Å². The maximum absolute atomic E-state index is 10.7. The van der Waals surface area contributed by atoms with Crippen LogP contribution in [-0.4, -0.2) is 30.8 Å². The quantitative estimate of drug-likeness (QED) is 0.509. The second-order valence-electron chi connectivity index (χ2n) is 3.60. The highest BCUT2D eigenvalue weighted by atomic mass is 16.5. The lowest BCUT2D eigenvalue weighted by molar-refractivity contribution is -0.134. The summed E-state index contributed by atoms with van der Waals surface area (Å²) in [7, 11) is 1.35. The summed E-state index contributed by atoms with van der Waals surface area (Å²) in [5.74, 6) is 0.163. The highest BCUT2D eigenvalue weighted by Gasteiger charge is 2.21. The van der Waals surface area contributed by atoms with Crippen LogP contribution in [0, 0.1) is 5.92 Å². The summed E-state index contributed by atoms with van der Waals surface area (Å²) in [6, 6.07) is 0. The maximum Gasteiger partial charge on any atom is 0.331 e. The molecule has 0 bridgehead atoms. The zero-order chi connectivity index (χ0) is 10.4. The third-order valence-electron chi connectivity index (χ3n) is 2.46. The van der Waals surface area contributed by atoms with Gasteiger partial charge in [-0.2, -0.15) is 0 Å². The molecule has 0 radical (unpaired) electrons. The van der Waals surface area contributed by atoms with Crippen molar-refractivity contribution in [3.63, 3.8) is 0 Å². The number of methoxy groups -OCH3 is 1. The topological polar surface area (TPSA) is 58.6 Å². The van der Waals surface area contributed by atoms with Gasteiger partial charge in [0.25, 0.3) is 0 Å². The molecule has 0 aromatic carbocycles. The van der Waals surface area contributed by atoms with Crippen LogP contribution in [0.3, 0.4) is 0 Å². The molecule has 0 saturated heterocycles. The summed E-state index contributed by atoms with van der Waals surface area (Å²) in [5.41, 5.74) is 0. The Labute approximate surface area is 83.9 Å². The molecule has 4 heteroatoms. The molecule has 0 aliphatic heterocycles. The monoisotopic (exact) mass is 199 g/mol. The minimum Gasteiger partial charge on any atom is -0.466 e. The number of esters is 1. The molecular formula is C10H17NO3. The average Bonchev–Trinajstić information content (AvgIpc) is 2.58. The summed E-state index contributed by atoms with van der Waals surface area (Å²) in [6.45, 7) is 0.810. The van der Waals surface area contributed by atoms with Crippen LogP contribution in [0.4, 0.5) is 0 Å². The second kappa shape index (κ2) is 5.65. The van der Waals surface area contributed by atoms with Gasteiger partial charge >= 0.3 is 5.97 Å². The van der Waals surface area contributed by atoms with Crippen molar-refractivity contribution in [1.29, 1.82) is 0 Å². The highest BCUT2D eigenvalue weighted by molar-refractivity contribution is 5.81. The van der Waals surface area contributed by atoms with Gasteiger partial charge < -0.3 is 15.2 Å². The molecule has 1 aliphatic rings. The lowest BCUT2D eigenvalue weighted by atomic mass is 10.1. The molecule has 2 unspecified atom stereocenters. The maximum atomic E-state index is 10.7. The molecule has 14 heavy (non-hydrogen) atoms. The predicted octanol–water partition coefficient (Wildman–Crippen LogP) is 0.424. The van der Waals surface area contributed by atoms with Crippen molar-refractivity contribution in [2.24, 2.45) is 5.92 Å². The zero-order valence-corrected chi connectivity index (χ0v) is 8.40. The summed E-state index contributed by atoms with van der Waals surface area (Å²) < 4.78 is 4.43. The predicted molar refractivity (Wildman–Crippen MR) is 52.5 cm³/mol. The lowest BCUT2D eigenvalue weighted by Crippen LogP contribution is -2.16. The molecule has 0 amide bonds. The fourth-order valence-corrected chi connectivity index (χ4v) is 1.66. The van der Waals surface area contributed by atoms with Crippen LogP contribution in [0.1, 0.15) is 19.3 Å². The first-order chi connectivity index (χ1) is 6.72. The highest BCUT2D eigenvalue weighted by Crippen LogP contribution is 2.24. The number of hydrogen-bond acceptors (Lipinski definition) is 4. The molecule has 80 valence electrons. The minimum atomic E-state index is -0.357. The number of nitrogens with one attached hydrogen (secondary N) is 1. The third kappa shape index (κ3) is 3.79. The van der Waals surface area contributed by atoms with Crippen molar-refractivity contribution < 1.29 is 14.6 Å². The Balaban J connectivity index is 2.09. The number of rotatable bonds is 4. The third-order valence-corrected chi connectivity index (χ3v) is 2.46. The van der Waals surface area contributed by atoms with E-state index in [0.717, 1.165) is 25.8 Å². The minimum absolute atomic E-state index is 0.133. The van der Waals surface area contributed by atoms with Crippen LogP contribution < -0.4 is 5.32 Å². The Kier molecular flexibility index (Phi) is 4.46. The van der Waals surface area contributed by atoms with Crippen LogP contribution in [0.15, 0.2) is 12.3 Å². The molecule has 4 nitrogen and oxygen atoms in total. The summed E-state index contributed by atoms with van der Waals surface area (Å²) >= 11 is 0. The molecule has 0 spiro atoms. The Hall–Kier alpha value is -1.03. The number of carbonyl (C=O) groups excluding carboxylic acids is 1. The van der Waals surface area contributed by atoms with Gasteiger partial charge in [-0.15, -0.1) is 0 Å². The van der Waals surface area contributed by atoms with Crippen molar-refractivity contribution in [2.75, 3.05) is 13.7 Å². The summed E-state index contributed by atoms with van der Waals surface area (Å²) in [4.78, 5) is 10.7. The Morgan fingerprint density at radius 1 is 1.64 bits per heavy atom. The lowest BCUT2D eigenvalue weighted by Gasteiger charge is -2.07. The van der Waals surface area contributed by atoms with E-state index in [4.69, 9.17) is 0 Å². The zero-order valence-electron chi connectivity index (χ0n) is 8.40. The van der Waals surface area contributed by atoms with Gasteiger partial charge in [-0.1, -0.05) is 0 Å². The van der Waals surface area contributed by atoms with Crippen LogP contribution in [0.5, 0.6) is 0 Å².